The maximum Gasteiger partial charge on any atom is 0.237 e. The largest absolute Gasteiger partial charge is 0.349 e. The van der Waals surface area contributed by atoms with Crippen LogP contribution in [0.25, 0.3) is 10.6 Å². The monoisotopic (exact) mass is 329 g/mol. The molecule has 2 heterocycles. The van der Waals surface area contributed by atoms with Gasteiger partial charge in [-0.05, 0) is 26.4 Å². The number of aromatic nitrogens is 1. The topological polar surface area (TPSA) is 45.2 Å². The van der Waals surface area contributed by atoms with E-state index in [2.05, 4.69) is 27.3 Å². The molecule has 1 amide bonds. The molecule has 1 aliphatic rings. The molecule has 1 N–H and O–H groups in total. The van der Waals surface area contributed by atoms with E-state index in [1.165, 1.54) is 12.8 Å². The number of likely N-dealkylation sites (tertiary alicyclic amines) is 1. The molecule has 23 heavy (non-hydrogen) atoms. The lowest BCUT2D eigenvalue weighted by Gasteiger charge is -2.24. The Labute approximate surface area is 141 Å². The second-order valence-corrected chi connectivity index (χ2v) is 6.93. The molecule has 0 bridgehead atoms. The minimum absolute atomic E-state index is 0.00438. The number of carbonyl (C=O) groups is 1. The molecule has 2 aromatic rings. The van der Waals surface area contributed by atoms with Crippen molar-refractivity contribution in [2.45, 2.75) is 38.3 Å². The predicted octanol–water partition coefficient (Wildman–Crippen LogP) is 3.30. The Bertz CT molecular complexity index is 641. The van der Waals surface area contributed by atoms with Crippen molar-refractivity contribution in [3.63, 3.8) is 0 Å². The molecule has 0 saturated carbocycles. The van der Waals surface area contributed by atoms with Gasteiger partial charge >= 0.3 is 0 Å². The van der Waals surface area contributed by atoms with Crippen LogP contribution in [0.3, 0.4) is 0 Å². The van der Waals surface area contributed by atoms with Gasteiger partial charge in [-0.25, -0.2) is 4.98 Å². The summed E-state index contributed by atoms with van der Waals surface area (Å²) in [5.41, 5.74) is 2.05. The van der Waals surface area contributed by atoms with Crippen LogP contribution in [0, 0.1) is 0 Å². The number of hydrogen-bond acceptors (Lipinski definition) is 4. The Morgan fingerprint density at radius 3 is 2.96 bits per heavy atom. The van der Waals surface area contributed by atoms with Crippen molar-refractivity contribution >= 4 is 17.2 Å². The number of rotatable bonds is 4. The molecule has 1 fully saturated rings. The first kappa shape index (κ1) is 16.1. The first-order valence-electron chi connectivity index (χ1n) is 8.22. The van der Waals surface area contributed by atoms with Gasteiger partial charge in [-0.2, -0.15) is 0 Å². The SMILES string of the molecule is CN1CCCCC[C@H]1C(=O)NCc1csc(-c2ccccc2)n1. The summed E-state index contributed by atoms with van der Waals surface area (Å²) in [6.07, 6.45) is 4.50. The quantitative estimate of drug-likeness (QED) is 0.936. The molecule has 3 rings (SSSR count). The third-order valence-corrected chi connectivity index (χ3v) is 5.28. The van der Waals surface area contributed by atoms with Gasteiger partial charge in [0.1, 0.15) is 5.01 Å². The van der Waals surface area contributed by atoms with Gasteiger partial charge in [-0.15, -0.1) is 11.3 Å². The Morgan fingerprint density at radius 1 is 1.30 bits per heavy atom. The highest BCUT2D eigenvalue weighted by Crippen LogP contribution is 2.23. The van der Waals surface area contributed by atoms with Crippen LogP contribution in [0.5, 0.6) is 0 Å². The molecular formula is C18H23N3OS. The van der Waals surface area contributed by atoms with Gasteiger partial charge in [0.2, 0.25) is 5.91 Å². The standard InChI is InChI=1S/C18H23N3OS/c1-21-11-7-3-6-10-16(21)17(22)19-12-15-13-23-18(20-15)14-8-4-2-5-9-14/h2,4-5,8-9,13,16H,3,6-7,10-12H2,1H3,(H,19,22)/t16-/m0/s1. The lowest BCUT2D eigenvalue weighted by atomic mass is 10.1. The number of carbonyl (C=O) groups excluding carboxylic acids is 1. The van der Waals surface area contributed by atoms with Crippen LogP contribution in [-0.4, -0.2) is 35.4 Å². The van der Waals surface area contributed by atoms with Crippen LogP contribution in [0.1, 0.15) is 31.4 Å². The molecule has 1 aliphatic heterocycles. The van der Waals surface area contributed by atoms with Crippen molar-refractivity contribution in [1.29, 1.82) is 0 Å². The molecule has 1 aromatic carbocycles. The van der Waals surface area contributed by atoms with E-state index in [-0.39, 0.29) is 11.9 Å². The van der Waals surface area contributed by atoms with Gasteiger partial charge < -0.3 is 5.32 Å². The van der Waals surface area contributed by atoms with Crippen LogP contribution < -0.4 is 5.32 Å². The molecule has 0 aliphatic carbocycles. The van der Waals surface area contributed by atoms with E-state index >= 15 is 0 Å². The molecule has 4 nitrogen and oxygen atoms in total. The molecular weight excluding hydrogens is 306 g/mol. The van der Waals surface area contributed by atoms with E-state index in [9.17, 15) is 4.79 Å². The summed E-state index contributed by atoms with van der Waals surface area (Å²) in [6, 6.07) is 10.1. The average Bonchev–Trinajstić information content (AvgIpc) is 2.95. The van der Waals surface area contributed by atoms with E-state index in [0.717, 1.165) is 35.7 Å². The normalized spacial score (nSPS) is 19.3. The second kappa shape index (κ2) is 7.70. The van der Waals surface area contributed by atoms with Crippen molar-refractivity contribution in [1.82, 2.24) is 15.2 Å². The van der Waals surface area contributed by atoms with Crippen molar-refractivity contribution < 1.29 is 4.79 Å². The van der Waals surface area contributed by atoms with Crippen LogP contribution >= 0.6 is 11.3 Å². The van der Waals surface area contributed by atoms with Gasteiger partial charge in [0.05, 0.1) is 18.3 Å². The third kappa shape index (κ3) is 4.18. The van der Waals surface area contributed by atoms with Crippen molar-refractivity contribution in [3.8, 4) is 10.6 Å². The zero-order valence-electron chi connectivity index (χ0n) is 13.5. The first-order valence-corrected chi connectivity index (χ1v) is 9.10. The van der Waals surface area contributed by atoms with Crippen LogP contribution in [0.2, 0.25) is 0 Å². The number of thiazole rings is 1. The fourth-order valence-electron chi connectivity index (χ4n) is 2.98. The zero-order valence-corrected chi connectivity index (χ0v) is 14.3. The Morgan fingerprint density at radius 2 is 2.13 bits per heavy atom. The lowest BCUT2D eigenvalue weighted by Crippen LogP contribution is -2.44. The molecule has 1 saturated heterocycles. The summed E-state index contributed by atoms with van der Waals surface area (Å²) in [4.78, 5) is 19.2. The second-order valence-electron chi connectivity index (χ2n) is 6.07. The van der Waals surface area contributed by atoms with E-state index in [0.29, 0.717) is 6.54 Å². The highest BCUT2D eigenvalue weighted by Gasteiger charge is 2.24. The van der Waals surface area contributed by atoms with Crippen LogP contribution in [0.4, 0.5) is 0 Å². The summed E-state index contributed by atoms with van der Waals surface area (Å²) >= 11 is 1.62. The Kier molecular flexibility index (Phi) is 5.41. The summed E-state index contributed by atoms with van der Waals surface area (Å²) < 4.78 is 0. The van der Waals surface area contributed by atoms with E-state index in [1.807, 2.05) is 30.6 Å². The molecule has 0 unspecified atom stereocenters. The molecule has 0 spiro atoms. The average molecular weight is 329 g/mol. The highest BCUT2D eigenvalue weighted by molar-refractivity contribution is 7.13. The summed E-state index contributed by atoms with van der Waals surface area (Å²) in [5.74, 6) is 0.128. The molecule has 5 heteroatoms. The van der Waals surface area contributed by atoms with Crippen molar-refractivity contribution in [2.75, 3.05) is 13.6 Å². The minimum atomic E-state index is 0.00438. The number of nitrogens with one attached hydrogen (secondary N) is 1. The van der Waals surface area contributed by atoms with E-state index in [1.54, 1.807) is 11.3 Å². The Hall–Kier alpha value is -1.72. The molecule has 122 valence electrons. The highest BCUT2D eigenvalue weighted by atomic mass is 32.1. The van der Waals surface area contributed by atoms with Gasteiger partial charge in [-0.1, -0.05) is 43.2 Å². The molecule has 1 atom stereocenters. The summed E-state index contributed by atoms with van der Waals surface area (Å²) in [6.45, 7) is 1.51. The number of amides is 1. The van der Waals surface area contributed by atoms with Gasteiger partial charge in [0.25, 0.3) is 0 Å². The zero-order chi connectivity index (χ0) is 16.1. The summed E-state index contributed by atoms with van der Waals surface area (Å²) in [5, 5.41) is 6.08. The van der Waals surface area contributed by atoms with Crippen molar-refractivity contribution in [3.05, 3.63) is 41.4 Å². The summed E-state index contributed by atoms with van der Waals surface area (Å²) in [7, 11) is 2.05. The third-order valence-electron chi connectivity index (χ3n) is 4.34. The maximum atomic E-state index is 12.4. The van der Waals surface area contributed by atoms with Gasteiger partial charge in [0, 0.05) is 10.9 Å². The first-order chi connectivity index (χ1) is 11.2. The lowest BCUT2D eigenvalue weighted by molar-refractivity contribution is -0.126. The Balaban J connectivity index is 1.58. The van der Waals surface area contributed by atoms with Gasteiger partial charge in [0.15, 0.2) is 0 Å². The van der Waals surface area contributed by atoms with Gasteiger partial charge in [-0.3, -0.25) is 9.69 Å². The number of likely N-dealkylation sites (N-methyl/N-ethyl adjacent to an activating group) is 1. The number of benzene rings is 1. The van der Waals surface area contributed by atoms with E-state index in [4.69, 9.17) is 0 Å². The minimum Gasteiger partial charge on any atom is -0.349 e. The fourth-order valence-corrected chi connectivity index (χ4v) is 3.81. The van der Waals surface area contributed by atoms with Crippen molar-refractivity contribution in [2.24, 2.45) is 0 Å². The van der Waals surface area contributed by atoms with Crippen LogP contribution in [-0.2, 0) is 11.3 Å². The smallest absolute Gasteiger partial charge is 0.237 e. The van der Waals surface area contributed by atoms with E-state index < -0.39 is 0 Å². The fraction of sp³-hybridized carbons (Fsp3) is 0.444. The molecule has 0 radical (unpaired) electrons. The number of nitrogens with zero attached hydrogens (tertiary/aromatic N) is 2. The molecule has 1 aromatic heterocycles. The van der Waals surface area contributed by atoms with Crippen LogP contribution in [0.15, 0.2) is 35.7 Å². The predicted molar refractivity (Wildman–Crippen MR) is 94.3 cm³/mol. The number of hydrogen-bond donors (Lipinski definition) is 1. The maximum absolute atomic E-state index is 12.4.